The average molecular weight is 253 g/mol. The van der Waals surface area contributed by atoms with Crippen LogP contribution < -0.4 is 0 Å². The Hall–Kier alpha value is -1.88. The number of Topliss-reactive ketones (excluding diaryl/α,β-unsaturated/α-hetero) is 1. The van der Waals surface area contributed by atoms with Gasteiger partial charge >= 0.3 is 5.97 Å². The molecule has 88 valence electrons. The number of aromatic carboxylic acids is 1. The predicted octanol–water partition coefficient (Wildman–Crippen LogP) is 1.82. The summed E-state index contributed by atoms with van der Waals surface area (Å²) in [5.41, 5.74) is 0.296. The Morgan fingerprint density at radius 3 is 2.76 bits per heavy atom. The SMILES string of the molecule is CC(=O)Cc1nc(C(=O)O)c2cccc(Cl)n12. The fourth-order valence-corrected chi connectivity index (χ4v) is 1.93. The van der Waals surface area contributed by atoms with Gasteiger partial charge in [0.1, 0.15) is 16.8 Å². The number of pyridine rings is 1. The van der Waals surface area contributed by atoms with Crippen LogP contribution in [0, 0.1) is 0 Å². The minimum atomic E-state index is -1.14. The van der Waals surface area contributed by atoms with Gasteiger partial charge in [0.25, 0.3) is 0 Å². The molecule has 2 heterocycles. The van der Waals surface area contributed by atoms with E-state index in [4.69, 9.17) is 16.7 Å². The third kappa shape index (κ3) is 2.01. The Morgan fingerprint density at radius 1 is 1.47 bits per heavy atom. The average Bonchev–Trinajstić information content (AvgIpc) is 2.57. The molecule has 5 nitrogen and oxygen atoms in total. The molecule has 0 bridgehead atoms. The van der Waals surface area contributed by atoms with E-state index in [1.54, 1.807) is 18.2 Å². The maximum atomic E-state index is 11.1. The lowest BCUT2D eigenvalue weighted by molar-refractivity contribution is -0.116. The highest BCUT2D eigenvalue weighted by Crippen LogP contribution is 2.19. The number of carbonyl (C=O) groups excluding carboxylic acids is 1. The summed E-state index contributed by atoms with van der Waals surface area (Å²) in [5.74, 6) is -0.899. The molecule has 2 aromatic rings. The highest BCUT2D eigenvalue weighted by Gasteiger charge is 2.18. The number of carboxylic acids is 1. The molecule has 0 amide bonds. The molecule has 0 radical (unpaired) electrons. The number of rotatable bonds is 3. The van der Waals surface area contributed by atoms with Crippen LogP contribution in [0.2, 0.25) is 5.15 Å². The second kappa shape index (κ2) is 4.18. The minimum Gasteiger partial charge on any atom is -0.476 e. The van der Waals surface area contributed by atoms with Crippen LogP contribution in [0.5, 0.6) is 0 Å². The van der Waals surface area contributed by atoms with Crippen molar-refractivity contribution in [3.05, 3.63) is 34.9 Å². The van der Waals surface area contributed by atoms with Crippen LogP contribution in [-0.4, -0.2) is 26.2 Å². The minimum absolute atomic E-state index is 0.0537. The van der Waals surface area contributed by atoms with Gasteiger partial charge in [0.2, 0.25) is 0 Å². The van der Waals surface area contributed by atoms with Gasteiger partial charge in [-0.05, 0) is 19.1 Å². The molecule has 2 aromatic heterocycles. The smallest absolute Gasteiger partial charge is 0.356 e. The second-order valence-corrected chi connectivity index (χ2v) is 4.02. The van der Waals surface area contributed by atoms with Crippen molar-refractivity contribution in [3.8, 4) is 0 Å². The lowest BCUT2D eigenvalue weighted by Gasteiger charge is -2.01. The zero-order valence-electron chi connectivity index (χ0n) is 8.98. The summed E-state index contributed by atoms with van der Waals surface area (Å²) < 4.78 is 1.48. The molecule has 0 aliphatic rings. The van der Waals surface area contributed by atoms with Gasteiger partial charge in [-0.2, -0.15) is 0 Å². The maximum Gasteiger partial charge on any atom is 0.356 e. The number of carboxylic acid groups (broad SMARTS) is 1. The number of hydrogen-bond donors (Lipinski definition) is 1. The van der Waals surface area contributed by atoms with Gasteiger partial charge in [0.05, 0.1) is 11.9 Å². The number of aromatic nitrogens is 2. The quantitative estimate of drug-likeness (QED) is 0.846. The molecule has 6 heteroatoms. The van der Waals surface area contributed by atoms with Gasteiger partial charge in [-0.25, -0.2) is 9.78 Å². The van der Waals surface area contributed by atoms with Crippen LogP contribution in [0.1, 0.15) is 23.2 Å². The molecule has 0 saturated carbocycles. The van der Waals surface area contributed by atoms with Crippen molar-refractivity contribution < 1.29 is 14.7 Å². The van der Waals surface area contributed by atoms with Crippen molar-refractivity contribution in [1.29, 1.82) is 0 Å². The van der Waals surface area contributed by atoms with E-state index in [0.717, 1.165) is 0 Å². The molecule has 2 rings (SSSR count). The van der Waals surface area contributed by atoms with Crippen LogP contribution in [0.15, 0.2) is 18.2 Å². The molecule has 0 aliphatic carbocycles. The molecule has 0 atom stereocenters. The number of ketones is 1. The number of halogens is 1. The van der Waals surface area contributed by atoms with E-state index >= 15 is 0 Å². The van der Waals surface area contributed by atoms with E-state index in [1.807, 2.05) is 0 Å². The highest BCUT2D eigenvalue weighted by molar-refractivity contribution is 6.30. The molecule has 0 fully saturated rings. The van der Waals surface area contributed by atoms with E-state index < -0.39 is 5.97 Å². The first kappa shape index (κ1) is 11.6. The molecular formula is C11H9ClN2O3. The van der Waals surface area contributed by atoms with Gasteiger partial charge in [-0.1, -0.05) is 17.7 Å². The predicted molar refractivity (Wildman–Crippen MR) is 61.5 cm³/mol. The topological polar surface area (TPSA) is 71.7 Å². The lowest BCUT2D eigenvalue weighted by Crippen LogP contribution is -2.02. The largest absolute Gasteiger partial charge is 0.476 e. The molecule has 0 aromatic carbocycles. The van der Waals surface area contributed by atoms with Crippen molar-refractivity contribution in [2.75, 3.05) is 0 Å². The van der Waals surface area contributed by atoms with Crippen LogP contribution in [-0.2, 0) is 11.2 Å². The van der Waals surface area contributed by atoms with Crippen LogP contribution in [0.3, 0.4) is 0 Å². The summed E-state index contributed by atoms with van der Waals surface area (Å²) >= 11 is 5.98. The molecule has 0 aliphatic heterocycles. The number of carbonyl (C=O) groups is 2. The first-order valence-corrected chi connectivity index (χ1v) is 5.27. The van der Waals surface area contributed by atoms with Gasteiger partial charge in [0, 0.05) is 0 Å². The Bertz CT molecular complexity index is 618. The Balaban J connectivity index is 2.75. The molecule has 0 unspecified atom stereocenters. The van der Waals surface area contributed by atoms with Crippen molar-refractivity contribution in [3.63, 3.8) is 0 Å². The number of hydrogen-bond acceptors (Lipinski definition) is 3. The van der Waals surface area contributed by atoms with E-state index in [1.165, 1.54) is 11.3 Å². The Labute approximate surface area is 102 Å². The van der Waals surface area contributed by atoms with Crippen molar-refractivity contribution >= 4 is 28.9 Å². The fourth-order valence-electron chi connectivity index (χ4n) is 1.66. The van der Waals surface area contributed by atoms with Crippen LogP contribution >= 0.6 is 11.6 Å². The number of nitrogens with zero attached hydrogens (tertiary/aromatic N) is 2. The van der Waals surface area contributed by atoms with Crippen LogP contribution in [0.25, 0.3) is 5.52 Å². The molecular weight excluding hydrogens is 244 g/mol. The van der Waals surface area contributed by atoms with Crippen LogP contribution in [0.4, 0.5) is 0 Å². The van der Waals surface area contributed by atoms with E-state index in [-0.39, 0.29) is 17.9 Å². The molecule has 1 N–H and O–H groups in total. The second-order valence-electron chi connectivity index (χ2n) is 3.63. The van der Waals surface area contributed by atoms with Gasteiger partial charge < -0.3 is 5.11 Å². The Kier molecular flexibility index (Phi) is 2.85. The monoisotopic (exact) mass is 252 g/mol. The zero-order chi connectivity index (χ0) is 12.6. The van der Waals surface area contributed by atoms with Crippen molar-refractivity contribution in [2.45, 2.75) is 13.3 Å². The first-order valence-electron chi connectivity index (χ1n) is 4.89. The summed E-state index contributed by atoms with van der Waals surface area (Å²) in [5, 5.41) is 9.35. The van der Waals surface area contributed by atoms with E-state index in [9.17, 15) is 9.59 Å². The van der Waals surface area contributed by atoms with Crippen molar-refractivity contribution in [1.82, 2.24) is 9.38 Å². The summed E-state index contributed by atoms with van der Waals surface area (Å²) in [6.07, 6.45) is 0.0537. The zero-order valence-corrected chi connectivity index (χ0v) is 9.73. The van der Waals surface area contributed by atoms with E-state index in [0.29, 0.717) is 16.5 Å². The maximum absolute atomic E-state index is 11.1. The number of imidazole rings is 1. The lowest BCUT2D eigenvalue weighted by atomic mass is 10.3. The van der Waals surface area contributed by atoms with Gasteiger partial charge in [-0.3, -0.25) is 9.20 Å². The fraction of sp³-hybridized carbons (Fsp3) is 0.182. The molecule has 17 heavy (non-hydrogen) atoms. The van der Waals surface area contributed by atoms with Crippen molar-refractivity contribution in [2.24, 2.45) is 0 Å². The number of fused-ring (bicyclic) bond motifs is 1. The third-order valence-electron chi connectivity index (χ3n) is 2.29. The van der Waals surface area contributed by atoms with Gasteiger partial charge in [0.15, 0.2) is 5.69 Å². The third-order valence-corrected chi connectivity index (χ3v) is 2.59. The highest BCUT2D eigenvalue weighted by atomic mass is 35.5. The summed E-state index contributed by atoms with van der Waals surface area (Å²) in [6, 6.07) is 4.86. The van der Waals surface area contributed by atoms with Gasteiger partial charge in [-0.15, -0.1) is 0 Å². The first-order chi connectivity index (χ1) is 8.00. The summed E-state index contributed by atoms with van der Waals surface area (Å²) in [4.78, 5) is 26.1. The normalized spacial score (nSPS) is 10.7. The standard InChI is InChI=1S/C11H9ClN2O3/c1-6(15)5-9-13-10(11(16)17)7-3-2-4-8(12)14(7)9/h2-4H,5H2,1H3,(H,16,17). The molecule has 0 saturated heterocycles. The Morgan fingerprint density at radius 2 is 2.18 bits per heavy atom. The molecule has 0 spiro atoms. The summed E-state index contributed by atoms with van der Waals surface area (Å²) in [6.45, 7) is 1.42. The van der Waals surface area contributed by atoms with E-state index in [2.05, 4.69) is 4.98 Å². The summed E-state index contributed by atoms with van der Waals surface area (Å²) in [7, 11) is 0.